The number of carbonyl (C=O) groups excluding carboxylic acids is 1. The molecule has 0 aliphatic carbocycles. The van der Waals surface area contributed by atoms with E-state index in [1.807, 2.05) is 12.3 Å². The molecule has 0 bridgehead atoms. The predicted octanol–water partition coefficient (Wildman–Crippen LogP) is 2.98. The van der Waals surface area contributed by atoms with E-state index >= 15 is 0 Å². The van der Waals surface area contributed by atoms with Gasteiger partial charge >= 0.3 is 0 Å². The fraction of sp³-hybridized carbons (Fsp3) is 0.692. The highest BCUT2D eigenvalue weighted by atomic mass is 32.1. The summed E-state index contributed by atoms with van der Waals surface area (Å²) >= 11 is 1.56. The highest BCUT2D eigenvalue weighted by Crippen LogP contribution is 2.24. The molecule has 1 rings (SSSR count). The standard InChI is InChI=1S/C13H21NO2S/c1-5-6-16-8-10(15)7-12-14-11(9-17-12)13(2,3)4/h9H,5-8H2,1-4H3. The van der Waals surface area contributed by atoms with Gasteiger partial charge in [0.1, 0.15) is 11.6 Å². The molecule has 0 radical (unpaired) electrons. The van der Waals surface area contributed by atoms with Crippen molar-refractivity contribution in [3.63, 3.8) is 0 Å². The fourth-order valence-corrected chi connectivity index (χ4v) is 2.34. The van der Waals surface area contributed by atoms with Crippen LogP contribution in [-0.4, -0.2) is 24.0 Å². The molecule has 1 heterocycles. The van der Waals surface area contributed by atoms with Gasteiger partial charge in [-0.3, -0.25) is 4.79 Å². The molecule has 0 unspecified atom stereocenters. The number of rotatable bonds is 6. The minimum atomic E-state index is 0.0521. The first-order valence-corrected chi connectivity index (χ1v) is 6.85. The van der Waals surface area contributed by atoms with Gasteiger partial charge in [0, 0.05) is 17.4 Å². The number of hydrogen-bond donors (Lipinski definition) is 0. The van der Waals surface area contributed by atoms with Gasteiger partial charge < -0.3 is 4.74 Å². The van der Waals surface area contributed by atoms with E-state index < -0.39 is 0 Å². The Kier molecular flexibility index (Phi) is 5.28. The van der Waals surface area contributed by atoms with Crippen molar-refractivity contribution in [2.45, 2.75) is 46.0 Å². The van der Waals surface area contributed by atoms with Crippen LogP contribution in [0.5, 0.6) is 0 Å². The summed E-state index contributed by atoms with van der Waals surface area (Å²) in [6, 6.07) is 0. The Morgan fingerprint density at radius 3 is 2.71 bits per heavy atom. The Hall–Kier alpha value is -0.740. The van der Waals surface area contributed by atoms with Crippen LogP contribution in [0.2, 0.25) is 0 Å². The van der Waals surface area contributed by atoms with Gasteiger partial charge in [-0.15, -0.1) is 11.3 Å². The average molecular weight is 255 g/mol. The molecule has 1 aromatic rings. The third-order valence-corrected chi connectivity index (χ3v) is 3.13. The molecule has 0 spiro atoms. The molecule has 0 fully saturated rings. The van der Waals surface area contributed by atoms with Crippen LogP contribution in [-0.2, 0) is 21.4 Å². The van der Waals surface area contributed by atoms with E-state index in [4.69, 9.17) is 4.74 Å². The molecule has 3 nitrogen and oxygen atoms in total. The molecule has 0 aliphatic rings. The summed E-state index contributed by atoms with van der Waals surface area (Å²) in [5, 5.41) is 2.93. The van der Waals surface area contributed by atoms with Gasteiger partial charge in [0.15, 0.2) is 5.78 Å². The van der Waals surface area contributed by atoms with Crippen LogP contribution in [0.4, 0.5) is 0 Å². The molecule has 0 aromatic carbocycles. The number of aromatic nitrogens is 1. The lowest BCUT2D eigenvalue weighted by atomic mass is 9.93. The highest BCUT2D eigenvalue weighted by molar-refractivity contribution is 7.09. The number of carbonyl (C=O) groups is 1. The minimum absolute atomic E-state index is 0.0521. The molecular formula is C13H21NO2S. The molecule has 0 amide bonds. The van der Waals surface area contributed by atoms with Gasteiger partial charge in [0.2, 0.25) is 0 Å². The molecule has 1 aromatic heterocycles. The Morgan fingerprint density at radius 2 is 2.18 bits per heavy atom. The Morgan fingerprint density at radius 1 is 1.47 bits per heavy atom. The third-order valence-electron chi connectivity index (χ3n) is 2.28. The van der Waals surface area contributed by atoms with E-state index in [1.54, 1.807) is 11.3 Å². The third kappa shape index (κ3) is 4.96. The van der Waals surface area contributed by atoms with Crippen LogP contribution < -0.4 is 0 Å². The number of Topliss-reactive ketones (excluding diaryl/α,β-unsaturated/α-hetero) is 1. The molecule has 4 heteroatoms. The van der Waals surface area contributed by atoms with Crippen molar-refractivity contribution in [2.24, 2.45) is 0 Å². The van der Waals surface area contributed by atoms with Crippen molar-refractivity contribution < 1.29 is 9.53 Å². The zero-order valence-corrected chi connectivity index (χ0v) is 11.9. The Labute approximate surface area is 107 Å². The van der Waals surface area contributed by atoms with Crippen LogP contribution in [0, 0.1) is 0 Å². The second-order valence-corrected chi connectivity index (χ2v) is 6.09. The normalized spacial score (nSPS) is 11.8. The lowest BCUT2D eigenvalue weighted by molar-refractivity contribution is -0.122. The smallest absolute Gasteiger partial charge is 0.165 e. The molecule has 0 N–H and O–H groups in total. The zero-order chi connectivity index (χ0) is 12.9. The topological polar surface area (TPSA) is 39.2 Å². The first-order valence-electron chi connectivity index (χ1n) is 5.97. The van der Waals surface area contributed by atoms with E-state index in [9.17, 15) is 4.79 Å². The summed E-state index contributed by atoms with van der Waals surface area (Å²) < 4.78 is 5.22. The quantitative estimate of drug-likeness (QED) is 0.734. The molecule has 96 valence electrons. The number of ketones is 1. The van der Waals surface area contributed by atoms with Gasteiger partial charge in [0.25, 0.3) is 0 Å². The van der Waals surface area contributed by atoms with Crippen LogP contribution in [0.3, 0.4) is 0 Å². The van der Waals surface area contributed by atoms with Crippen molar-refractivity contribution in [1.82, 2.24) is 4.98 Å². The average Bonchev–Trinajstić information content (AvgIpc) is 2.66. The fourth-order valence-electron chi connectivity index (χ4n) is 1.29. The SMILES string of the molecule is CCCOCC(=O)Cc1nc(C(C)(C)C)cs1. The summed E-state index contributed by atoms with van der Waals surface area (Å²) in [4.78, 5) is 16.1. The first kappa shape index (κ1) is 14.3. The maximum atomic E-state index is 11.6. The molecule has 0 saturated carbocycles. The number of thiazole rings is 1. The summed E-state index contributed by atoms with van der Waals surface area (Å²) in [5.74, 6) is 0.105. The van der Waals surface area contributed by atoms with Crippen LogP contribution in [0.25, 0.3) is 0 Å². The van der Waals surface area contributed by atoms with E-state index in [2.05, 4.69) is 25.8 Å². The van der Waals surface area contributed by atoms with Gasteiger partial charge in [-0.2, -0.15) is 0 Å². The van der Waals surface area contributed by atoms with Crippen molar-refractivity contribution >= 4 is 17.1 Å². The highest BCUT2D eigenvalue weighted by Gasteiger charge is 2.18. The second kappa shape index (κ2) is 6.26. The monoisotopic (exact) mass is 255 g/mol. The minimum Gasteiger partial charge on any atom is -0.374 e. The van der Waals surface area contributed by atoms with Gasteiger partial charge in [-0.25, -0.2) is 4.98 Å². The molecule has 17 heavy (non-hydrogen) atoms. The maximum absolute atomic E-state index is 11.6. The number of ether oxygens (including phenoxy) is 1. The van der Waals surface area contributed by atoms with Crippen LogP contribution in [0.15, 0.2) is 5.38 Å². The second-order valence-electron chi connectivity index (χ2n) is 5.14. The van der Waals surface area contributed by atoms with E-state index in [0.29, 0.717) is 13.0 Å². The summed E-state index contributed by atoms with van der Waals surface area (Å²) in [7, 11) is 0. The number of hydrogen-bond acceptors (Lipinski definition) is 4. The van der Waals surface area contributed by atoms with Gasteiger partial charge in [-0.1, -0.05) is 27.7 Å². The molecule has 0 saturated heterocycles. The molecule has 0 aliphatic heterocycles. The van der Waals surface area contributed by atoms with Crippen LogP contribution in [0.1, 0.15) is 44.8 Å². The Balaban J connectivity index is 2.46. The number of nitrogens with zero attached hydrogens (tertiary/aromatic N) is 1. The van der Waals surface area contributed by atoms with Gasteiger partial charge in [0.05, 0.1) is 12.1 Å². The molecular weight excluding hydrogens is 234 g/mol. The predicted molar refractivity (Wildman–Crippen MR) is 70.6 cm³/mol. The zero-order valence-electron chi connectivity index (χ0n) is 11.1. The first-order chi connectivity index (χ1) is 7.93. The lowest BCUT2D eigenvalue weighted by Crippen LogP contribution is -2.14. The van der Waals surface area contributed by atoms with Crippen molar-refractivity contribution in [3.05, 3.63) is 16.1 Å². The summed E-state index contributed by atoms with van der Waals surface area (Å²) in [6.45, 7) is 9.25. The summed E-state index contributed by atoms with van der Waals surface area (Å²) in [5.41, 5.74) is 1.11. The van der Waals surface area contributed by atoms with Gasteiger partial charge in [-0.05, 0) is 6.42 Å². The lowest BCUT2D eigenvalue weighted by Gasteiger charge is -2.14. The van der Waals surface area contributed by atoms with E-state index in [1.165, 1.54) is 0 Å². The summed E-state index contributed by atoms with van der Waals surface area (Å²) in [6.07, 6.45) is 1.34. The van der Waals surface area contributed by atoms with Crippen molar-refractivity contribution in [2.75, 3.05) is 13.2 Å². The van der Waals surface area contributed by atoms with Crippen LogP contribution >= 0.6 is 11.3 Å². The van der Waals surface area contributed by atoms with E-state index in [-0.39, 0.29) is 17.8 Å². The van der Waals surface area contributed by atoms with Crippen molar-refractivity contribution in [3.8, 4) is 0 Å². The molecule has 0 atom stereocenters. The largest absolute Gasteiger partial charge is 0.374 e. The van der Waals surface area contributed by atoms with Crippen molar-refractivity contribution in [1.29, 1.82) is 0 Å². The Bertz CT molecular complexity index is 366. The van der Waals surface area contributed by atoms with E-state index in [0.717, 1.165) is 17.1 Å². The maximum Gasteiger partial charge on any atom is 0.165 e.